The third-order valence-electron chi connectivity index (χ3n) is 2.90. The van der Waals surface area contributed by atoms with Gasteiger partial charge in [0.2, 0.25) is 0 Å². The molecule has 1 aromatic rings. The van der Waals surface area contributed by atoms with Crippen LogP contribution in [0.25, 0.3) is 0 Å². The van der Waals surface area contributed by atoms with Crippen molar-refractivity contribution in [1.82, 2.24) is 9.88 Å². The number of rotatable bonds is 10. The molecule has 1 N–H and O–H groups in total. The summed E-state index contributed by atoms with van der Waals surface area (Å²) in [5.41, 5.74) is 1.34. The Morgan fingerprint density at radius 2 is 2.17 bits per heavy atom. The molecule has 1 heterocycles. The van der Waals surface area contributed by atoms with Gasteiger partial charge in [-0.3, -0.25) is 0 Å². The molecular formula is C15H28N2O. The standard InChI is InChI=1S/C15H28N2O/c1-4-5-10-18-11-9-17-8-6-7-15(17)13-16-12-14(2)3/h6-8,14,16H,4-5,9-13H2,1-3H3. The van der Waals surface area contributed by atoms with Crippen LogP contribution in [0, 0.1) is 5.92 Å². The number of unbranched alkanes of at least 4 members (excludes halogenated alkanes) is 1. The highest BCUT2D eigenvalue weighted by atomic mass is 16.5. The summed E-state index contributed by atoms with van der Waals surface area (Å²) in [6, 6.07) is 4.29. The summed E-state index contributed by atoms with van der Waals surface area (Å²) >= 11 is 0. The Kier molecular flexibility index (Phi) is 7.78. The summed E-state index contributed by atoms with van der Waals surface area (Å²) in [4.78, 5) is 0. The number of aromatic nitrogens is 1. The van der Waals surface area contributed by atoms with E-state index < -0.39 is 0 Å². The van der Waals surface area contributed by atoms with Crippen molar-refractivity contribution in [3.8, 4) is 0 Å². The number of ether oxygens (including phenoxy) is 1. The fourth-order valence-corrected chi connectivity index (χ4v) is 1.83. The molecule has 1 rings (SSSR count). The van der Waals surface area contributed by atoms with E-state index in [0.29, 0.717) is 5.92 Å². The van der Waals surface area contributed by atoms with Gasteiger partial charge in [-0.15, -0.1) is 0 Å². The zero-order valence-electron chi connectivity index (χ0n) is 12.1. The van der Waals surface area contributed by atoms with Crippen LogP contribution < -0.4 is 5.32 Å². The largest absolute Gasteiger partial charge is 0.380 e. The summed E-state index contributed by atoms with van der Waals surface area (Å²) in [7, 11) is 0. The number of nitrogens with one attached hydrogen (secondary N) is 1. The number of nitrogens with zero attached hydrogens (tertiary/aromatic N) is 1. The summed E-state index contributed by atoms with van der Waals surface area (Å²) in [6.45, 7) is 11.3. The monoisotopic (exact) mass is 252 g/mol. The first-order valence-electron chi connectivity index (χ1n) is 7.16. The Labute approximate surface area is 112 Å². The van der Waals surface area contributed by atoms with E-state index in [0.717, 1.165) is 39.3 Å². The highest BCUT2D eigenvalue weighted by Crippen LogP contribution is 2.03. The van der Waals surface area contributed by atoms with Crippen molar-refractivity contribution < 1.29 is 4.74 Å². The average Bonchev–Trinajstić information content (AvgIpc) is 2.76. The minimum absolute atomic E-state index is 0.700. The van der Waals surface area contributed by atoms with Gasteiger partial charge in [-0.1, -0.05) is 27.2 Å². The second-order valence-electron chi connectivity index (χ2n) is 5.18. The molecular weight excluding hydrogens is 224 g/mol. The molecule has 0 spiro atoms. The van der Waals surface area contributed by atoms with E-state index in [2.05, 4.69) is 49.0 Å². The molecule has 0 unspecified atom stereocenters. The lowest BCUT2D eigenvalue weighted by atomic mass is 10.2. The van der Waals surface area contributed by atoms with Gasteiger partial charge in [-0.05, 0) is 31.0 Å². The predicted octanol–water partition coefficient (Wildman–Crippen LogP) is 3.05. The molecule has 3 nitrogen and oxygen atoms in total. The fourth-order valence-electron chi connectivity index (χ4n) is 1.83. The molecule has 1 aromatic heterocycles. The van der Waals surface area contributed by atoms with Gasteiger partial charge >= 0.3 is 0 Å². The van der Waals surface area contributed by atoms with E-state index in [-0.39, 0.29) is 0 Å². The van der Waals surface area contributed by atoms with Crippen LogP contribution in [-0.2, 0) is 17.8 Å². The first-order valence-corrected chi connectivity index (χ1v) is 7.16. The predicted molar refractivity (Wildman–Crippen MR) is 76.7 cm³/mol. The lowest BCUT2D eigenvalue weighted by Crippen LogP contribution is -2.21. The van der Waals surface area contributed by atoms with Crippen molar-refractivity contribution in [3.63, 3.8) is 0 Å². The summed E-state index contributed by atoms with van der Waals surface area (Å²) in [6.07, 6.45) is 4.50. The van der Waals surface area contributed by atoms with Gasteiger partial charge in [0, 0.05) is 31.6 Å². The molecule has 0 bridgehead atoms. The molecule has 0 aliphatic heterocycles. The quantitative estimate of drug-likeness (QED) is 0.648. The maximum atomic E-state index is 5.60. The molecule has 0 aliphatic rings. The van der Waals surface area contributed by atoms with E-state index in [4.69, 9.17) is 4.74 Å². The Morgan fingerprint density at radius 3 is 2.89 bits per heavy atom. The Hall–Kier alpha value is -0.800. The van der Waals surface area contributed by atoms with Crippen LogP contribution in [-0.4, -0.2) is 24.3 Å². The van der Waals surface area contributed by atoms with Gasteiger partial charge in [0.05, 0.1) is 6.61 Å². The van der Waals surface area contributed by atoms with E-state index in [1.165, 1.54) is 12.1 Å². The molecule has 0 radical (unpaired) electrons. The molecule has 0 saturated heterocycles. The minimum Gasteiger partial charge on any atom is -0.380 e. The molecule has 0 aliphatic carbocycles. The third-order valence-corrected chi connectivity index (χ3v) is 2.90. The summed E-state index contributed by atoms with van der Waals surface area (Å²) in [5.74, 6) is 0.700. The summed E-state index contributed by atoms with van der Waals surface area (Å²) in [5, 5.41) is 3.48. The topological polar surface area (TPSA) is 26.2 Å². The smallest absolute Gasteiger partial charge is 0.0645 e. The van der Waals surface area contributed by atoms with Crippen LogP contribution in [0.4, 0.5) is 0 Å². The third kappa shape index (κ3) is 6.22. The Morgan fingerprint density at radius 1 is 1.33 bits per heavy atom. The van der Waals surface area contributed by atoms with E-state index in [9.17, 15) is 0 Å². The molecule has 18 heavy (non-hydrogen) atoms. The molecule has 3 heteroatoms. The van der Waals surface area contributed by atoms with Crippen molar-refractivity contribution in [2.45, 2.75) is 46.7 Å². The van der Waals surface area contributed by atoms with Crippen LogP contribution in [0.1, 0.15) is 39.3 Å². The van der Waals surface area contributed by atoms with Gasteiger partial charge < -0.3 is 14.6 Å². The lowest BCUT2D eigenvalue weighted by molar-refractivity contribution is 0.123. The Bertz CT molecular complexity index is 307. The van der Waals surface area contributed by atoms with Crippen molar-refractivity contribution >= 4 is 0 Å². The second-order valence-corrected chi connectivity index (χ2v) is 5.18. The zero-order valence-corrected chi connectivity index (χ0v) is 12.1. The first-order chi connectivity index (χ1) is 8.74. The molecule has 104 valence electrons. The van der Waals surface area contributed by atoms with Crippen molar-refractivity contribution in [1.29, 1.82) is 0 Å². The van der Waals surface area contributed by atoms with Crippen molar-refractivity contribution in [3.05, 3.63) is 24.0 Å². The van der Waals surface area contributed by atoms with Crippen LogP contribution in [0.15, 0.2) is 18.3 Å². The number of hydrogen-bond acceptors (Lipinski definition) is 2. The molecule has 0 saturated carbocycles. The normalized spacial score (nSPS) is 11.3. The fraction of sp³-hybridized carbons (Fsp3) is 0.733. The maximum Gasteiger partial charge on any atom is 0.0645 e. The highest BCUT2D eigenvalue weighted by Gasteiger charge is 2.01. The lowest BCUT2D eigenvalue weighted by Gasteiger charge is -2.11. The van der Waals surface area contributed by atoms with Crippen molar-refractivity contribution in [2.75, 3.05) is 19.8 Å². The van der Waals surface area contributed by atoms with Gasteiger partial charge in [-0.25, -0.2) is 0 Å². The molecule has 0 aromatic carbocycles. The highest BCUT2D eigenvalue weighted by molar-refractivity contribution is 5.06. The summed E-state index contributed by atoms with van der Waals surface area (Å²) < 4.78 is 7.88. The second kappa shape index (κ2) is 9.17. The van der Waals surface area contributed by atoms with Crippen molar-refractivity contribution in [2.24, 2.45) is 5.92 Å². The molecule has 0 atom stereocenters. The van der Waals surface area contributed by atoms with Gasteiger partial charge in [-0.2, -0.15) is 0 Å². The first kappa shape index (κ1) is 15.3. The minimum atomic E-state index is 0.700. The van der Waals surface area contributed by atoms with Crippen LogP contribution in [0.5, 0.6) is 0 Å². The number of hydrogen-bond donors (Lipinski definition) is 1. The van der Waals surface area contributed by atoms with Gasteiger partial charge in [0.15, 0.2) is 0 Å². The Balaban J connectivity index is 2.22. The molecule has 0 amide bonds. The SMILES string of the molecule is CCCCOCCn1cccc1CNCC(C)C. The van der Waals surface area contributed by atoms with Crippen LogP contribution in [0.2, 0.25) is 0 Å². The maximum absolute atomic E-state index is 5.60. The van der Waals surface area contributed by atoms with Crippen LogP contribution >= 0.6 is 0 Å². The van der Waals surface area contributed by atoms with E-state index in [1.54, 1.807) is 0 Å². The zero-order chi connectivity index (χ0) is 13.2. The van der Waals surface area contributed by atoms with Gasteiger partial charge in [0.1, 0.15) is 0 Å². The van der Waals surface area contributed by atoms with Gasteiger partial charge in [0.25, 0.3) is 0 Å². The van der Waals surface area contributed by atoms with E-state index >= 15 is 0 Å². The van der Waals surface area contributed by atoms with E-state index in [1.807, 2.05) is 0 Å². The van der Waals surface area contributed by atoms with Crippen LogP contribution in [0.3, 0.4) is 0 Å². The molecule has 0 fully saturated rings. The average molecular weight is 252 g/mol.